The minimum atomic E-state index is -0.522. The van der Waals surface area contributed by atoms with Crippen molar-refractivity contribution < 1.29 is 18.7 Å². The van der Waals surface area contributed by atoms with Crippen LogP contribution in [-0.4, -0.2) is 35.0 Å². The van der Waals surface area contributed by atoms with Crippen molar-refractivity contribution in [2.24, 2.45) is 11.8 Å². The molecule has 0 spiro atoms. The molecule has 2 amide bonds. The Morgan fingerprint density at radius 3 is 2.74 bits per heavy atom. The van der Waals surface area contributed by atoms with Crippen molar-refractivity contribution >= 4 is 22.9 Å². The van der Waals surface area contributed by atoms with E-state index in [0.717, 1.165) is 42.1 Å². The van der Waals surface area contributed by atoms with Crippen LogP contribution < -0.4 is 0 Å². The lowest BCUT2D eigenvalue weighted by Crippen LogP contribution is -2.39. The molecule has 5 nitrogen and oxygen atoms in total. The van der Waals surface area contributed by atoms with Crippen molar-refractivity contribution in [3.8, 4) is 0 Å². The molecule has 142 valence electrons. The predicted octanol–water partition coefficient (Wildman–Crippen LogP) is 4.26. The molecular weight excluding hydrogens is 347 g/mol. The lowest BCUT2D eigenvalue weighted by Gasteiger charge is -2.33. The summed E-state index contributed by atoms with van der Waals surface area (Å²) in [6.45, 7) is 2.55. The summed E-state index contributed by atoms with van der Waals surface area (Å²) in [5, 5.41) is 0.880. The lowest BCUT2D eigenvalue weighted by molar-refractivity contribution is -0.133. The van der Waals surface area contributed by atoms with E-state index in [9.17, 15) is 14.0 Å². The minimum Gasteiger partial charge on any atom is -0.447 e. The Morgan fingerprint density at radius 2 is 2.04 bits per heavy atom. The number of ether oxygens (including phenoxy) is 1. The Balaban J connectivity index is 1.45. The monoisotopic (exact) mass is 370 g/mol. The molecule has 0 unspecified atom stereocenters. The fourth-order valence-corrected chi connectivity index (χ4v) is 4.47. The van der Waals surface area contributed by atoms with Crippen molar-refractivity contribution in [1.29, 1.82) is 0 Å². The maximum Gasteiger partial charge on any atom is 0.416 e. The van der Waals surface area contributed by atoms with Crippen LogP contribution in [0.4, 0.5) is 9.18 Å². The highest BCUT2D eigenvalue weighted by molar-refractivity contribution is 5.94. The molecule has 6 heteroatoms. The van der Waals surface area contributed by atoms with Crippen LogP contribution in [0.5, 0.6) is 0 Å². The number of fused-ring (bicyclic) bond motifs is 1. The Bertz CT molecular complexity index is 877. The number of cyclic esters (lactones) is 1. The molecule has 1 aromatic carbocycles. The summed E-state index contributed by atoms with van der Waals surface area (Å²) in [4.78, 5) is 29.8. The molecule has 2 heterocycles. The number of halogens is 1. The first-order valence-corrected chi connectivity index (χ1v) is 9.57. The van der Waals surface area contributed by atoms with Crippen LogP contribution in [0, 0.1) is 17.7 Å². The van der Waals surface area contributed by atoms with Crippen molar-refractivity contribution in [1.82, 2.24) is 9.88 Å². The Hall–Kier alpha value is -2.50. The molecule has 2 aliphatic rings. The lowest BCUT2D eigenvalue weighted by atomic mass is 9.73. The van der Waals surface area contributed by atoms with Gasteiger partial charge in [0.2, 0.25) is 5.91 Å². The van der Waals surface area contributed by atoms with E-state index in [1.807, 2.05) is 13.0 Å². The number of imide groups is 1. The number of pyridine rings is 1. The van der Waals surface area contributed by atoms with E-state index in [0.29, 0.717) is 12.5 Å². The Kier molecular flexibility index (Phi) is 4.81. The number of amides is 2. The molecule has 1 aromatic heterocycles. The van der Waals surface area contributed by atoms with E-state index in [2.05, 4.69) is 4.98 Å². The Labute approximate surface area is 157 Å². The largest absolute Gasteiger partial charge is 0.447 e. The van der Waals surface area contributed by atoms with Crippen LogP contribution in [0.2, 0.25) is 0 Å². The summed E-state index contributed by atoms with van der Waals surface area (Å²) in [5.41, 5.74) is 1.95. The van der Waals surface area contributed by atoms with E-state index >= 15 is 0 Å². The molecule has 0 bridgehead atoms. The zero-order valence-electron chi connectivity index (χ0n) is 15.4. The average molecular weight is 370 g/mol. The van der Waals surface area contributed by atoms with Crippen molar-refractivity contribution in [3.63, 3.8) is 0 Å². The fraction of sp³-hybridized carbons (Fsp3) is 0.476. The molecule has 1 atom stereocenters. The van der Waals surface area contributed by atoms with Crippen LogP contribution in [0.3, 0.4) is 0 Å². The summed E-state index contributed by atoms with van der Waals surface area (Å²) in [7, 11) is 0. The van der Waals surface area contributed by atoms with Crippen molar-refractivity contribution in [2.75, 3.05) is 13.2 Å². The summed E-state index contributed by atoms with van der Waals surface area (Å²) in [5.74, 6) is 0.0300. The first kappa shape index (κ1) is 17.9. The zero-order valence-corrected chi connectivity index (χ0v) is 15.4. The predicted molar refractivity (Wildman–Crippen MR) is 98.6 cm³/mol. The fourth-order valence-electron chi connectivity index (χ4n) is 4.47. The molecule has 0 radical (unpaired) electrons. The normalized spacial score (nSPS) is 24.1. The number of aromatic nitrogens is 1. The molecule has 1 saturated carbocycles. The number of nitrogens with zero attached hydrogens (tertiary/aromatic N) is 2. The second-order valence-corrected chi connectivity index (χ2v) is 7.57. The van der Waals surface area contributed by atoms with Gasteiger partial charge in [0.15, 0.2) is 0 Å². The SMILES string of the molecule is C[C@@H](C(=O)N1CCOC1=O)C1CCC(c2ccnc3ccc(F)cc23)CC1. The van der Waals surface area contributed by atoms with Crippen LogP contribution in [0.25, 0.3) is 10.9 Å². The van der Waals surface area contributed by atoms with Gasteiger partial charge >= 0.3 is 6.09 Å². The number of benzene rings is 1. The maximum absolute atomic E-state index is 13.7. The Morgan fingerprint density at radius 1 is 1.26 bits per heavy atom. The van der Waals surface area contributed by atoms with Crippen LogP contribution in [0.1, 0.15) is 44.1 Å². The van der Waals surface area contributed by atoms with E-state index in [4.69, 9.17) is 4.74 Å². The summed E-state index contributed by atoms with van der Waals surface area (Å²) in [6, 6.07) is 6.71. The number of hydrogen-bond donors (Lipinski definition) is 0. The zero-order chi connectivity index (χ0) is 19.0. The molecule has 1 saturated heterocycles. The van der Waals surface area contributed by atoms with Crippen LogP contribution in [0.15, 0.2) is 30.5 Å². The number of carbonyl (C=O) groups is 2. The number of rotatable bonds is 3. The molecule has 27 heavy (non-hydrogen) atoms. The van der Waals surface area contributed by atoms with Crippen LogP contribution >= 0.6 is 0 Å². The van der Waals surface area contributed by atoms with Gasteiger partial charge in [-0.25, -0.2) is 14.1 Å². The molecule has 2 aromatic rings. The second-order valence-electron chi connectivity index (χ2n) is 7.57. The topological polar surface area (TPSA) is 59.5 Å². The maximum atomic E-state index is 13.7. The average Bonchev–Trinajstić information content (AvgIpc) is 3.12. The molecule has 4 rings (SSSR count). The molecular formula is C21H23FN2O3. The summed E-state index contributed by atoms with van der Waals surface area (Å²) in [6.07, 6.45) is 4.99. The van der Waals surface area contributed by atoms with Gasteiger partial charge in [-0.1, -0.05) is 6.92 Å². The van der Waals surface area contributed by atoms with Gasteiger partial charge in [0.05, 0.1) is 12.1 Å². The highest BCUT2D eigenvalue weighted by Crippen LogP contribution is 2.41. The molecule has 1 aliphatic heterocycles. The summed E-state index contributed by atoms with van der Waals surface area (Å²) >= 11 is 0. The molecule has 2 fully saturated rings. The highest BCUT2D eigenvalue weighted by Gasteiger charge is 2.36. The minimum absolute atomic E-state index is 0.127. The van der Waals surface area contributed by atoms with Gasteiger partial charge in [0.25, 0.3) is 0 Å². The third kappa shape index (κ3) is 3.40. The van der Waals surface area contributed by atoms with Gasteiger partial charge in [-0.05, 0) is 67.3 Å². The highest BCUT2D eigenvalue weighted by atomic mass is 19.1. The molecule has 0 N–H and O–H groups in total. The van der Waals surface area contributed by atoms with Crippen LogP contribution in [-0.2, 0) is 9.53 Å². The molecule has 1 aliphatic carbocycles. The first-order chi connectivity index (χ1) is 13.0. The second kappa shape index (κ2) is 7.25. The van der Waals surface area contributed by atoms with Gasteiger partial charge in [-0.3, -0.25) is 9.78 Å². The van der Waals surface area contributed by atoms with E-state index in [1.165, 1.54) is 11.0 Å². The van der Waals surface area contributed by atoms with E-state index < -0.39 is 6.09 Å². The summed E-state index contributed by atoms with van der Waals surface area (Å²) < 4.78 is 18.6. The quantitative estimate of drug-likeness (QED) is 0.810. The third-order valence-electron chi connectivity index (χ3n) is 6.07. The smallest absolute Gasteiger partial charge is 0.416 e. The van der Waals surface area contributed by atoms with E-state index in [1.54, 1.807) is 18.3 Å². The van der Waals surface area contributed by atoms with E-state index in [-0.39, 0.29) is 30.2 Å². The van der Waals surface area contributed by atoms with Gasteiger partial charge in [-0.2, -0.15) is 0 Å². The standard InChI is InChI=1S/C21H23FN2O3/c1-13(20(25)24-10-11-27-21(24)26)14-2-4-15(5-3-14)17-8-9-23-19-7-6-16(22)12-18(17)19/h6-9,12-15H,2-5,10-11H2,1H3/t13-,14?,15?/m1/s1. The van der Waals surface area contributed by atoms with Crippen molar-refractivity contribution in [3.05, 3.63) is 41.8 Å². The van der Waals surface area contributed by atoms with Gasteiger partial charge in [0, 0.05) is 17.5 Å². The first-order valence-electron chi connectivity index (χ1n) is 9.57. The van der Waals surface area contributed by atoms with Crippen molar-refractivity contribution in [2.45, 2.75) is 38.5 Å². The van der Waals surface area contributed by atoms with Gasteiger partial charge in [0.1, 0.15) is 12.4 Å². The third-order valence-corrected chi connectivity index (χ3v) is 6.07. The number of hydrogen-bond acceptors (Lipinski definition) is 4. The van der Waals surface area contributed by atoms with Gasteiger partial charge < -0.3 is 4.74 Å². The number of carbonyl (C=O) groups excluding carboxylic acids is 2. The van der Waals surface area contributed by atoms with Gasteiger partial charge in [-0.15, -0.1) is 0 Å².